The van der Waals surface area contributed by atoms with Gasteiger partial charge in [0.25, 0.3) is 0 Å². The van der Waals surface area contributed by atoms with Crippen molar-refractivity contribution >= 4 is 35.0 Å². The molecular formula is C20H15ClF3N3OS. The summed E-state index contributed by atoms with van der Waals surface area (Å²) < 4.78 is 39.1. The standard InChI is InChI=1S/C20H15ClF3N3OS/c1-12-10-17(13-6-8-14(21)9-7-13)27-19(25-12)29-11-18(28)26-16-5-3-2-4-15(16)20(22,23)24/h2-10H,11H2,1H3,(H,26,28). The van der Waals surface area contributed by atoms with Crippen LogP contribution in [-0.4, -0.2) is 21.6 Å². The van der Waals surface area contributed by atoms with Gasteiger partial charge < -0.3 is 5.32 Å². The number of nitrogens with one attached hydrogen (secondary N) is 1. The van der Waals surface area contributed by atoms with Crippen LogP contribution in [0.15, 0.2) is 59.8 Å². The van der Waals surface area contributed by atoms with E-state index in [4.69, 9.17) is 11.6 Å². The van der Waals surface area contributed by atoms with E-state index in [0.717, 1.165) is 23.4 Å². The quantitative estimate of drug-likeness (QED) is 0.401. The maximum absolute atomic E-state index is 13.0. The minimum absolute atomic E-state index is 0.129. The number of carbonyl (C=O) groups excluding carboxylic acids is 1. The molecule has 0 radical (unpaired) electrons. The van der Waals surface area contributed by atoms with E-state index in [2.05, 4.69) is 15.3 Å². The summed E-state index contributed by atoms with van der Waals surface area (Å²) in [5.41, 5.74) is 1.04. The smallest absolute Gasteiger partial charge is 0.325 e. The van der Waals surface area contributed by atoms with Crippen molar-refractivity contribution < 1.29 is 18.0 Å². The summed E-state index contributed by atoms with van der Waals surface area (Å²) in [5.74, 6) is -0.708. The Labute approximate surface area is 174 Å². The normalized spacial score (nSPS) is 11.3. The molecule has 1 amide bonds. The van der Waals surface area contributed by atoms with Crippen LogP contribution in [0.3, 0.4) is 0 Å². The number of halogens is 4. The van der Waals surface area contributed by atoms with Crippen molar-refractivity contribution in [3.8, 4) is 11.3 Å². The number of amides is 1. The van der Waals surface area contributed by atoms with Crippen molar-refractivity contribution in [2.45, 2.75) is 18.3 Å². The Hall–Kier alpha value is -2.58. The third-order valence-electron chi connectivity index (χ3n) is 3.81. The topological polar surface area (TPSA) is 54.9 Å². The van der Waals surface area contributed by atoms with E-state index in [-0.39, 0.29) is 11.4 Å². The lowest BCUT2D eigenvalue weighted by atomic mass is 10.1. The number of nitrogens with zero attached hydrogens (tertiary/aromatic N) is 2. The first-order valence-corrected chi connectivity index (χ1v) is 9.79. The van der Waals surface area contributed by atoms with Crippen molar-refractivity contribution in [3.63, 3.8) is 0 Å². The zero-order valence-electron chi connectivity index (χ0n) is 15.1. The fourth-order valence-corrected chi connectivity index (χ4v) is 3.36. The number of hydrogen-bond acceptors (Lipinski definition) is 4. The molecule has 3 rings (SSSR count). The van der Waals surface area contributed by atoms with Gasteiger partial charge in [-0.3, -0.25) is 4.79 Å². The molecule has 29 heavy (non-hydrogen) atoms. The third kappa shape index (κ3) is 5.71. The Morgan fingerprint density at radius 2 is 1.79 bits per heavy atom. The summed E-state index contributed by atoms with van der Waals surface area (Å²) >= 11 is 6.95. The average Bonchev–Trinajstić information content (AvgIpc) is 2.66. The van der Waals surface area contributed by atoms with Gasteiger partial charge in [0.15, 0.2) is 5.16 Å². The van der Waals surface area contributed by atoms with Crippen LogP contribution in [0.2, 0.25) is 5.02 Å². The Morgan fingerprint density at radius 1 is 1.10 bits per heavy atom. The highest BCUT2D eigenvalue weighted by atomic mass is 35.5. The van der Waals surface area contributed by atoms with Gasteiger partial charge in [-0.2, -0.15) is 13.2 Å². The fourth-order valence-electron chi connectivity index (χ4n) is 2.53. The number of benzene rings is 2. The monoisotopic (exact) mass is 437 g/mol. The summed E-state index contributed by atoms with van der Waals surface area (Å²) in [7, 11) is 0. The molecule has 0 atom stereocenters. The molecule has 0 bridgehead atoms. The van der Waals surface area contributed by atoms with Crippen LogP contribution in [0.1, 0.15) is 11.3 Å². The molecule has 0 aliphatic heterocycles. The highest BCUT2D eigenvalue weighted by Gasteiger charge is 2.33. The molecule has 0 saturated carbocycles. The van der Waals surface area contributed by atoms with Crippen molar-refractivity contribution in [3.05, 3.63) is 70.9 Å². The zero-order valence-corrected chi connectivity index (χ0v) is 16.7. The van der Waals surface area contributed by atoms with Gasteiger partial charge in [0.05, 0.1) is 22.7 Å². The number of thioether (sulfide) groups is 1. The molecular weight excluding hydrogens is 423 g/mol. The van der Waals surface area contributed by atoms with Crippen LogP contribution in [0, 0.1) is 6.92 Å². The predicted octanol–water partition coefficient (Wildman–Crippen LogP) is 5.86. The Morgan fingerprint density at radius 3 is 2.48 bits per heavy atom. The lowest BCUT2D eigenvalue weighted by Gasteiger charge is -2.13. The SMILES string of the molecule is Cc1cc(-c2ccc(Cl)cc2)nc(SCC(=O)Nc2ccccc2C(F)(F)F)n1. The molecule has 0 fully saturated rings. The molecule has 0 spiro atoms. The molecule has 9 heteroatoms. The lowest BCUT2D eigenvalue weighted by Crippen LogP contribution is -2.18. The van der Waals surface area contributed by atoms with Gasteiger partial charge in [-0.25, -0.2) is 9.97 Å². The molecule has 3 aromatic rings. The summed E-state index contributed by atoms with van der Waals surface area (Å²) in [4.78, 5) is 20.9. The van der Waals surface area contributed by atoms with E-state index in [1.807, 2.05) is 12.1 Å². The molecule has 1 heterocycles. The number of hydrogen-bond donors (Lipinski definition) is 1. The molecule has 0 aliphatic carbocycles. The molecule has 2 aromatic carbocycles. The number of aryl methyl sites for hydroxylation is 1. The highest BCUT2D eigenvalue weighted by molar-refractivity contribution is 7.99. The van der Waals surface area contributed by atoms with Crippen molar-refractivity contribution in [2.24, 2.45) is 0 Å². The molecule has 150 valence electrons. The molecule has 4 nitrogen and oxygen atoms in total. The van der Waals surface area contributed by atoms with Crippen LogP contribution in [0.4, 0.5) is 18.9 Å². The van der Waals surface area contributed by atoms with Gasteiger partial charge in [0.1, 0.15) is 0 Å². The first-order chi connectivity index (χ1) is 13.7. The van der Waals surface area contributed by atoms with Gasteiger partial charge in [-0.1, -0.05) is 47.6 Å². The van der Waals surface area contributed by atoms with Crippen LogP contribution < -0.4 is 5.32 Å². The van der Waals surface area contributed by atoms with E-state index in [1.165, 1.54) is 18.2 Å². The summed E-state index contributed by atoms with van der Waals surface area (Å²) in [6, 6.07) is 13.8. The third-order valence-corrected chi connectivity index (χ3v) is 4.91. The minimum atomic E-state index is -4.55. The summed E-state index contributed by atoms with van der Waals surface area (Å²) in [5, 5.41) is 3.26. The number of rotatable bonds is 5. The second-order valence-corrected chi connectivity index (χ2v) is 7.44. The van der Waals surface area contributed by atoms with E-state index in [0.29, 0.717) is 21.6 Å². The predicted molar refractivity (Wildman–Crippen MR) is 108 cm³/mol. The second-order valence-electron chi connectivity index (χ2n) is 6.06. The fraction of sp³-hybridized carbons (Fsp3) is 0.150. The summed E-state index contributed by atoms with van der Waals surface area (Å²) in [6.45, 7) is 1.80. The van der Waals surface area contributed by atoms with E-state index < -0.39 is 17.6 Å². The van der Waals surface area contributed by atoms with Crippen molar-refractivity contribution in [1.82, 2.24) is 9.97 Å². The van der Waals surface area contributed by atoms with E-state index >= 15 is 0 Å². The maximum Gasteiger partial charge on any atom is 0.418 e. The Kier molecular flexibility index (Phi) is 6.44. The maximum atomic E-state index is 13.0. The molecule has 1 N–H and O–H groups in total. The Balaban J connectivity index is 1.71. The van der Waals surface area contributed by atoms with Crippen LogP contribution in [-0.2, 0) is 11.0 Å². The lowest BCUT2D eigenvalue weighted by molar-refractivity contribution is -0.137. The molecule has 0 aliphatic rings. The number of aromatic nitrogens is 2. The van der Waals surface area contributed by atoms with E-state index in [9.17, 15) is 18.0 Å². The highest BCUT2D eigenvalue weighted by Crippen LogP contribution is 2.34. The van der Waals surface area contributed by atoms with Crippen LogP contribution in [0.25, 0.3) is 11.3 Å². The number of para-hydroxylation sites is 1. The second kappa shape index (κ2) is 8.84. The number of anilines is 1. The molecule has 0 unspecified atom stereocenters. The van der Waals surface area contributed by atoms with Gasteiger partial charge in [0.2, 0.25) is 5.91 Å². The summed E-state index contributed by atoms with van der Waals surface area (Å²) in [6.07, 6.45) is -4.55. The van der Waals surface area contributed by atoms with Gasteiger partial charge >= 0.3 is 6.18 Å². The zero-order chi connectivity index (χ0) is 21.0. The first-order valence-electron chi connectivity index (χ1n) is 8.43. The molecule has 0 saturated heterocycles. The largest absolute Gasteiger partial charge is 0.418 e. The van der Waals surface area contributed by atoms with Gasteiger partial charge in [-0.05, 0) is 37.3 Å². The number of carbonyl (C=O) groups is 1. The van der Waals surface area contributed by atoms with Gasteiger partial charge in [0, 0.05) is 16.3 Å². The molecule has 1 aromatic heterocycles. The minimum Gasteiger partial charge on any atom is -0.325 e. The van der Waals surface area contributed by atoms with Crippen molar-refractivity contribution in [1.29, 1.82) is 0 Å². The first kappa shape index (κ1) is 21.1. The average molecular weight is 438 g/mol. The van der Waals surface area contributed by atoms with Gasteiger partial charge in [-0.15, -0.1) is 0 Å². The van der Waals surface area contributed by atoms with Crippen LogP contribution in [0.5, 0.6) is 0 Å². The number of alkyl halides is 3. The Bertz CT molecular complexity index is 1030. The van der Waals surface area contributed by atoms with Crippen molar-refractivity contribution in [2.75, 3.05) is 11.1 Å². The van der Waals surface area contributed by atoms with Crippen LogP contribution >= 0.6 is 23.4 Å². The van der Waals surface area contributed by atoms with E-state index in [1.54, 1.807) is 25.1 Å².